The van der Waals surface area contributed by atoms with Crippen LogP contribution in [0.25, 0.3) is 0 Å². The number of rotatable bonds is 10. The summed E-state index contributed by atoms with van der Waals surface area (Å²) in [5, 5.41) is 12.5. The molecule has 0 radical (unpaired) electrons. The molecule has 0 heterocycles. The Bertz CT molecular complexity index is 353. The minimum absolute atomic E-state index is 0.0462. The van der Waals surface area contributed by atoms with Crippen molar-refractivity contribution in [3.8, 4) is 0 Å². The second-order valence-corrected chi connectivity index (χ2v) is 4.67. The van der Waals surface area contributed by atoms with E-state index in [1.165, 1.54) is 33.1 Å². The number of ether oxygens (including phenoxy) is 3. The largest absolute Gasteiger partial charge is 0.467 e. The van der Waals surface area contributed by atoms with Crippen LogP contribution in [0.4, 0.5) is 0 Å². The highest BCUT2D eigenvalue weighted by atomic mass is 16.5. The van der Waals surface area contributed by atoms with Crippen molar-refractivity contribution >= 4 is 11.9 Å². The Morgan fingerprint density at radius 2 is 1.95 bits per heavy atom. The Morgan fingerprint density at radius 1 is 1.33 bits per heavy atom. The van der Waals surface area contributed by atoms with E-state index >= 15 is 0 Å². The van der Waals surface area contributed by atoms with Gasteiger partial charge >= 0.3 is 5.97 Å². The van der Waals surface area contributed by atoms with Crippen LogP contribution in [0.3, 0.4) is 0 Å². The Morgan fingerprint density at radius 3 is 2.48 bits per heavy atom. The molecule has 122 valence electrons. The van der Waals surface area contributed by atoms with Crippen LogP contribution in [-0.4, -0.2) is 62.2 Å². The molecule has 7 nitrogen and oxygen atoms in total. The van der Waals surface area contributed by atoms with E-state index in [2.05, 4.69) is 10.1 Å². The van der Waals surface area contributed by atoms with Gasteiger partial charge in [0, 0.05) is 13.5 Å². The van der Waals surface area contributed by atoms with Crippen LogP contribution in [0.5, 0.6) is 0 Å². The number of esters is 1. The minimum atomic E-state index is -1.27. The molecule has 0 aliphatic heterocycles. The van der Waals surface area contributed by atoms with Gasteiger partial charge in [0.2, 0.25) is 5.91 Å². The van der Waals surface area contributed by atoms with Crippen LogP contribution in [0.2, 0.25) is 0 Å². The third-order valence-electron chi connectivity index (χ3n) is 2.43. The summed E-state index contributed by atoms with van der Waals surface area (Å²) in [5.74, 6) is -0.989. The van der Waals surface area contributed by atoms with E-state index in [1.54, 1.807) is 0 Å². The van der Waals surface area contributed by atoms with Gasteiger partial charge in [0.1, 0.15) is 11.6 Å². The van der Waals surface area contributed by atoms with E-state index in [9.17, 15) is 14.7 Å². The lowest BCUT2D eigenvalue weighted by molar-refractivity contribution is -0.143. The average molecular weight is 303 g/mol. The number of aliphatic hydroxyl groups is 1. The van der Waals surface area contributed by atoms with Gasteiger partial charge in [0.15, 0.2) is 0 Å². The summed E-state index contributed by atoms with van der Waals surface area (Å²) in [5.41, 5.74) is -1.27. The molecule has 2 N–H and O–H groups in total. The molecule has 0 aromatic rings. The fourth-order valence-electron chi connectivity index (χ4n) is 1.42. The molecule has 0 fully saturated rings. The number of hydrogen-bond donors (Lipinski definition) is 2. The molecule has 0 aromatic carbocycles. The summed E-state index contributed by atoms with van der Waals surface area (Å²) >= 11 is 0. The summed E-state index contributed by atoms with van der Waals surface area (Å²) in [7, 11) is 1.22. The van der Waals surface area contributed by atoms with Gasteiger partial charge in [0.25, 0.3) is 0 Å². The smallest absolute Gasteiger partial charge is 0.332 e. The third kappa shape index (κ3) is 10.0. The van der Waals surface area contributed by atoms with Crippen molar-refractivity contribution in [2.24, 2.45) is 0 Å². The summed E-state index contributed by atoms with van der Waals surface area (Å²) in [6.07, 6.45) is 2.77. The normalized spacial score (nSPS) is 15.5. The highest BCUT2D eigenvalue weighted by Gasteiger charge is 2.21. The minimum Gasteiger partial charge on any atom is -0.467 e. The van der Waals surface area contributed by atoms with Gasteiger partial charge in [-0.05, 0) is 13.8 Å². The topological polar surface area (TPSA) is 94.1 Å². The molecule has 2 unspecified atom stereocenters. The van der Waals surface area contributed by atoms with E-state index < -0.39 is 17.6 Å². The molecule has 0 rings (SSSR count). The number of amides is 1. The number of methoxy groups -OCH3 is 1. The fourth-order valence-corrected chi connectivity index (χ4v) is 1.42. The summed E-state index contributed by atoms with van der Waals surface area (Å²) < 4.78 is 14.9. The summed E-state index contributed by atoms with van der Waals surface area (Å²) in [6.45, 7) is 6.18. The maximum Gasteiger partial charge on any atom is 0.332 e. The van der Waals surface area contributed by atoms with Gasteiger partial charge in [-0.3, -0.25) is 4.79 Å². The SMILES string of the molecule is CCOCCOCC(C)(O)/C=C/C(NC(C)=O)C(=O)OC. The first kappa shape index (κ1) is 19.6. The van der Waals surface area contributed by atoms with Crippen molar-refractivity contribution < 1.29 is 28.9 Å². The number of carbonyl (C=O) groups excluding carboxylic acids is 2. The van der Waals surface area contributed by atoms with Crippen LogP contribution in [0.1, 0.15) is 20.8 Å². The van der Waals surface area contributed by atoms with Crippen molar-refractivity contribution in [2.75, 3.05) is 33.5 Å². The zero-order valence-corrected chi connectivity index (χ0v) is 13.0. The van der Waals surface area contributed by atoms with Gasteiger partial charge in [-0.2, -0.15) is 0 Å². The quantitative estimate of drug-likeness (QED) is 0.336. The maximum atomic E-state index is 11.5. The summed E-state index contributed by atoms with van der Waals surface area (Å²) in [6, 6.07) is -0.942. The highest BCUT2D eigenvalue weighted by Crippen LogP contribution is 2.07. The monoisotopic (exact) mass is 303 g/mol. The third-order valence-corrected chi connectivity index (χ3v) is 2.43. The van der Waals surface area contributed by atoms with Crippen LogP contribution >= 0.6 is 0 Å². The van der Waals surface area contributed by atoms with Crippen molar-refractivity contribution in [1.82, 2.24) is 5.32 Å². The maximum absolute atomic E-state index is 11.5. The van der Waals surface area contributed by atoms with E-state index in [-0.39, 0.29) is 12.5 Å². The van der Waals surface area contributed by atoms with E-state index in [0.29, 0.717) is 19.8 Å². The predicted molar refractivity (Wildman–Crippen MR) is 76.7 cm³/mol. The molecular formula is C14H25NO6. The highest BCUT2D eigenvalue weighted by molar-refractivity contribution is 5.84. The van der Waals surface area contributed by atoms with Gasteiger partial charge in [-0.15, -0.1) is 0 Å². The number of hydrogen-bond acceptors (Lipinski definition) is 6. The number of nitrogens with one attached hydrogen (secondary N) is 1. The molecule has 1 amide bonds. The standard InChI is InChI=1S/C14H25NO6/c1-5-20-8-9-21-10-14(3,18)7-6-12(13(17)19-4)15-11(2)16/h6-7,12,18H,5,8-10H2,1-4H3,(H,15,16)/b7-6+. The first-order chi connectivity index (χ1) is 9.82. The zero-order chi connectivity index (χ0) is 16.3. The lowest BCUT2D eigenvalue weighted by Gasteiger charge is -2.20. The first-order valence-corrected chi connectivity index (χ1v) is 6.74. The lowest BCUT2D eigenvalue weighted by atomic mass is 10.1. The van der Waals surface area contributed by atoms with Crippen molar-refractivity contribution in [2.45, 2.75) is 32.4 Å². The van der Waals surface area contributed by atoms with Gasteiger partial charge in [-0.1, -0.05) is 12.2 Å². The van der Waals surface area contributed by atoms with Gasteiger partial charge < -0.3 is 24.6 Å². The molecule has 0 aromatic heterocycles. The van der Waals surface area contributed by atoms with Gasteiger partial charge in [-0.25, -0.2) is 4.79 Å². The molecule has 7 heteroatoms. The van der Waals surface area contributed by atoms with Crippen LogP contribution in [0.15, 0.2) is 12.2 Å². The number of carbonyl (C=O) groups is 2. The Hall–Kier alpha value is -1.44. The van der Waals surface area contributed by atoms with Crippen molar-refractivity contribution in [3.05, 3.63) is 12.2 Å². The second kappa shape index (κ2) is 10.3. The van der Waals surface area contributed by atoms with E-state index in [0.717, 1.165) is 0 Å². The van der Waals surface area contributed by atoms with E-state index in [1.807, 2.05) is 6.92 Å². The van der Waals surface area contributed by atoms with E-state index in [4.69, 9.17) is 9.47 Å². The molecular weight excluding hydrogens is 278 g/mol. The summed E-state index contributed by atoms with van der Waals surface area (Å²) in [4.78, 5) is 22.5. The molecule has 2 atom stereocenters. The zero-order valence-electron chi connectivity index (χ0n) is 13.0. The molecule has 0 saturated carbocycles. The van der Waals surface area contributed by atoms with Crippen molar-refractivity contribution in [1.29, 1.82) is 0 Å². The molecule has 0 spiro atoms. The Labute approximate surface area is 125 Å². The van der Waals surface area contributed by atoms with Crippen LogP contribution in [0, 0.1) is 0 Å². The Balaban J connectivity index is 4.41. The first-order valence-electron chi connectivity index (χ1n) is 6.74. The second-order valence-electron chi connectivity index (χ2n) is 4.67. The molecule has 0 aliphatic carbocycles. The average Bonchev–Trinajstić information content (AvgIpc) is 2.42. The molecule has 0 saturated heterocycles. The fraction of sp³-hybridized carbons (Fsp3) is 0.714. The predicted octanol–water partition coefficient (Wildman–Crippen LogP) is 0.0244. The van der Waals surface area contributed by atoms with Crippen LogP contribution < -0.4 is 5.32 Å². The van der Waals surface area contributed by atoms with Crippen LogP contribution in [-0.2, 0) is 23.8 Å². The van der Waals surface area contributed by atoms with Crippen molar-refractivity contribution in [3.63, 3.8) is 0 Å². The Kier molecular flexibility index (Phi) is 9.60. The lowest BCUT2D eigenvalue weighted by Crippen LogP contribution is -2.39. The molecule has 21 heavy (non-hydrogen) atoms. The van der Waals surface area contributed by atoms with Gasteiger partial charge in [0.05, 0.1) is 26.9 Å². The molecule has 0 aliphatic rings. The molecule has 0 bridgehead atoms.